The molecular formula is C15H17ClIN3O4. The Morgan fingerprint density at radius 1 is 1.33 bits per heavy atom. The van der Waals surface area contributed by atoms with E-state index in [9.17, 15) is 4.79 Å². The molecule has 0 amide bonds. The number of hydrogen-bond donors (Lipinski definition) is 0. The van der Waals surface area contributed by atoms with Crippen LogP contribution in [0.5, 0.6) is 0 Å². The molecule has 4 aliphatic heterocycles. The summed E-state index contributed by atoms with van der Waals surface area (Å²) in [5.74, 6) is -0.0193. The van der Waals surface area contributed by atoms with Gasteiger partial charge >= 0.3 is 0 Å². The molecular weight excluding hydrogens is 449 g/mol. The van der Waals surface area contributed by atoms with Crippen molar-refractivity contribution in [2.75, 3.05) is 0 Å². The van der Waals surface area contributed by atoms with E-state index in [2.05, 4.69) is 32.6 Å². The van der Waals surface area contributed by atoms with Crippen molar-refractivity contribution in [1.82, 2.24) is 4.90 Å². The van der Waals surface area contributed by atoms with Crippen molar-refractivity contribution in [1.29, 1.82) is 0 Å². The fourth-order valence-electron chi connectivity index (χ4n) is 3.54. The van der Waals surface area contributed by atoms with E-state index in [0.717, 1.165) is 15.7 Å². The minimum atomic E-state index is -0.761. The average molecular weight is 466 g/mol. The first-order chi connectivity index (χ1) is 11.3. The number of aldehydes is 1. The number of ether oxygens (including phenoxy) is 3. The molecule has 0 aromatic carbocycles. The van der Waals surface area contributed by atoms with Crippen LogP contribution in [0.15, 0.2) is 19.8 Å². The monoisotopic (exact) mass is 465 g/mol. The molecule has 6 atom stereocenters. The Balaban J connectivity index is 1.71. The van der Waals surface area contributed by atoms with Crippen LogP contribution in [0, 0.1) is 5.41 Å². The molecule has 2 unspecified atom stereocenters. The molecule has 0 bridgehead atoms. The zero-order valence-electron chi connectivity index (χ0n) is 13.3. The number of nitrogens with zero attached hydrogens (tertiary/aromatic N) is 3. The van der Waals surface area contributed by atoms with Gasteiger partial charge in [-0.1, -0.05) is 11.6 Å². The van der Waals surface area contributed by atoms with E-state index >= 15 is 0 Å². The molecule has 4 rings (SSSR count). The summed E-state index contributed by atoms with van der Waals surface area (Å²) in [7, 11) is 0. The van der Waals surface area contributed by atoms with Gasteiger partial charge in [-0.05, 0) is 43.4 Å². The van der Waals surface area contributed by atoms with Gasteiger partial charge in [-0.25, -0.2) is 4.99 Å². The summed E-state index contributed by atoms with van der Waals surface area (Å²) in [5.41, 5.74) is -0.973. The summed E-state index contributed by atoms with van der Waals surface area (Å²) in [4.78, 5) is 22.0. The quantitative estimate of drug-likeness (QED) is 0.270. The number of carbonyl (C=O) groups is 1. The summed E-state index contributed by atoms with van der Waals surface area (Å²) in [6, 6.07) is 0. The van der Waals surface area contributed by atoms with Crippen LogP contribution in [0.4, 0.5) is 0 Å². The van der Waals surface area contributed by atoms with E-state index < -0.39 is 41.2 Å². The molecule has 2 fully saturated rings. The van der Waals surface area contributed by atoms with E-state index in [4.69, 9.17) is 25.8 Å². The third-order valence-electron chi connectivity index (χ3n) is 4.78. The van der Waals surface area contributed by atoms with E-state index in [-0.39, 0.29) is 0 Å². The number of amidine groups is 1. The Bertz CT molecular complexity index is 682. The lowest BCUT2D eigenvalue weighted by Gasteiger charge is -2.36. The summed E-state index contributed by atoms with van der Waals surface area (Å²) in [6.45, 7) is 5.66. The highest BCUT2D eigenvalue weighted by atomic mass is 127. The van der Waals surface area contributed by atoms with Crippen LogP contribution in [0.1, 0.15) is 20.8 Å². The van der Waals surface area contributed by atoms with Crippen LogP contribution in [0.25, 0.3) is 0 Å². The molecule has 7 nitrogen and oxygen atoms in total. The number of halogens is 2. The van der Waals surface area contributed by atoms with Crippen molar-refractivity contribution in [3.63, 3.8) is 0 Å². The molecule has 24 heavy (non-hydrogen) atoms. The van der Waals surface area contributed by atoms with Crippen molar-refractivity contribution < 1.29 is 19.0 Å². The van der Waals surface area contributed by atoms with Crippen molar-refractivity contribution in [3.05, 3.63) is 9.78 Å². The third-order valence-corrected chi connectivity index (χ3v) is 6.73. The highest BCUT2D eigenvalue weighted by molar-refractivity contribution is 14.1. The largest absolute Gasteiger partial charge is 0.342 e. The van der Waals surface area contributed by atoms with Crippen LogP contribution in [0.2, 0.25) is 0 Å². The van der Waals surface area contributed by atoms with Gasteiger partial charge in [-0.3, -0.25) is 4.99 Å². The van der Waals surface area contributed by atoms with Gasteiger partial charge in [0.1, 0.15) is 36.0 Å². The predicted molar refractivity (Wildman–Crippen MR) is 96.2 cm³/mol. The molecule has 4 aliphatic rings. The minimum Gasteiger partial charge on any atom is -0.342 e. The Kier molecular flexibility index (Phi) is 3.85. The van der Waals surface area contributed by atoms with Crippen molar-refractivity contribution in [2.45, 2.75) is 56.6 Å². The summed E-state index contributed by atoms with van der Waals surface area (Å²) in [6.07, 6.45) is 2.15. The standard InChI is InChI=1S/C15H17ClIN3O4/c1-14(2)23-9-7(5-21)22-11(10(9)24-14)20-4-8(17)15(3)12(16)18-6-19-13(15)20/h4-7,9-12H,1-3H3/t7-,9-,10-,11-,12?,15?/m1/s1. The van der Waals surface area contributed by atoms with Gasteiger partial charge in [-0.15, -0.1) is 0 Å². The van der Waals surface area contributed by atoms with Crippen LogP contribution in [0.3, 0.4) is 0 Å². The van der Waals surface area contributed by atoms with E-state index in [0.29, 0.717) is 0 Å². The second-order valence-corrected chi connectivity index (χ2v) is 8.41. The molecule has 4 heterocycles. The van der Waals surface area contributed by atoms with E-state index in [1.807, 2.05) is 31.9 Å². The van der Waals surface area contributed by atoms with Gasteiger partial charge in [0.2, 0.25) is 0 Å². The Morgan fingerprint density at radius 2 is 2.04 bits per heavy atom. The fourth-order valence-corrected chi connectivity index (χ4v) is 4.83. The lowest BCUT2D eigenvalue weighted by atomic mass is 9.89. The molecule has 0 saturated carbocycles. The van der Waals surface area contributed by atoms with Crippen molar-refractivity contribution >= 4 is 52.7 Å². The van der Waals surface area contributed by atoms with Gasteiger partial charge in [-0.2, -0.15) is 0 Å². The number of carbonyl (C=O) groups excluding carboxylic acids is 1. The molecule has 2 saturated heterocycles. The van der Waals surface area contributed by atoms with Crippen LogP contribution in [-0.2, 0) is 19.0 Å². The SMILES string of the molecule is CC1(C)O[C@@H]2[C@H](O1)[C@@H](C=O)O[C@H]2N1C=C(I)C2(C)C1=NC=NC2Cl. The first-order valence-corrected chi connectivity index (χ1v) is 9.16. The van der Waals surface area contributed by atoms with Gasteiger partial charge < -0.3 is 23.9 Å². The minimum absolute atomic E-state index is 0.395. The Labute approximate surface area is 158 Å². The first-order valence-electron chi connectivity index (χ1n) is 7.64. The molecule has 0 aromatic rings. The smallest absolute Gasteiger partial charge is 0.165 e. The highest BCUT2D eigenvalue weighted by Crippen LogP contribution is 2.50. The summed E-state index contributed by atoms with van der Waals surface area (Å²) >= 11 is 8.68. The first kappa shape index (κ1) is 16.9. The lowest BCUT2D eigenvalue weighted by molar-refractivity contribution is -0.194. The maximum absolute atomic E-state index is 11.4. The predicted octanol–water partition coefficient (Wildman–Crippen LogP) is 2.03. The fraction of sp³-hybridized carbons (Fsp3) is 0.667. The highest BCUT2D eigenvalue weighted by Gasteiger charge is 2.60. The molecule has 0 aromatic heterocycles. The second-order valence-electron chi connectivity index (χ2n) is 6.83. The number of hydrogen-bond acceptors (Lipinski definition) is 7. The molecule has 9 heteroatoms. The molecule has 0 spiro atoms. The number of alkyl halides is 1. The van der Waals surface area contributed by atoms with Gasteiger partial charge in [0.05, 0.1) is 5.41 Å². The molecule has 130 valence electrons. The number of fused-ring (bicyclic) bond motifs is 2. The Hall–Kier alpha value is -0.550. The topological polar surface area (TPSA) is 72.7 Å². The number of rotatable bonds is 2. The number of aliphatic imine (C=N–C) groups is 2. The normalized spacial score (nSPS) is 45.7. The van der Waals surface area contributed by atoms with Gasteiger partial charge in [0.25, 0.3) is 0 Å². The van der Waals surface area contributed by atoms with Gasteiger partial charge in [0, 0.05) is 9.78 Å². The second kappa shape index (κ2) is 5.47. The van der Waals surface area contributed by atoms with Crippen molar-refractivity contribution in [2.24, 2.45) is 15.4 Å². The summed E-state index contributed by atoms with van der Waals surface area (Å²) < 4.78 is 18.8. The Morgan fingerprint density at radius 3 is 2.75 bits per heavy atom. The third kappa shape index (κ3) is 2.23. The lowest BCUT2D eigenvalue weighted by Crippen LogP contribution is -2.49. The summed E-state index contributed by atoms with van der Waals surface area (Å²) in [5, 5.41) is 0. The molecule has 0 aliphatic carbocycles. The maximum atomic E-state index is 11.4. The molecule has 0 radical (unpaired) electrons. The molecule has 0 N–H and O–H groups in total. The van der Waals surface area contributed by atoms with Crippen molar-refractivity contribution in [3.8, 4) is 0 Å². The maximum Gasteiger partial charge on any atom is 0.165 e. The van der Waals surface area contributed by atoms with E-state index in [1.54, 1.807) is 0 Å². The van der Waals surface area contributed by atoms with E-state index in [1.165, 1.54) is 6.34 Å². The van der Waals surface area contributed by atoms with Gasteiger partial charge in [0.15, 0.2) is 18.3 Å². The van der Waals surface area contributed by atoms with Crippen LogP contribution >= 0.6 is 34.2 Å². The zero-order chi connectivity index (χ0) is 17.3. The van der Waals surface area contributed by atoms with Crippen LogP contribution < -0.4 is 0 Å². The van der Waals surface area contributed by atoms with Crippen LogP contribution in [-0.4, -0.2) is 59.2 Å². The zero-order valence-corrected chi connectivity index (χ0v) is 16.3. The average Bonchev–Trinajstić information content (AvgIpc) is 3.09.